The Balaban J connectivity index is 1.50. The second kappa shape index (κ2) is 6.74. The number of amides is 1. The Kier molecular flexibility index (Phi) is 4.28. The first-order chi connectivity index (χ1) is 12.6. The summed E-state index contributed by atoms with van der Waals surface area (Å²) in [5.74, 6) is 0.786. The molecule has 3 aromatic rings. The molecule has 1 aliphatic rings. The number of carbonyl (C=O) groups is 1. The van der Waals surface area contributed by atoms with E-state index >= 15 is 0 Å². The van der Waals surface area contributed by atoms with Gasteiger partial charge in [0.2, 0.25) is 5.91 Å². The topological polar surface area (TPSA) is 83.9 Å². The van der Waals surface area contributed by atoms with Crippen molar-refractivity contribution in [2.75, 3.05) is 13.1 Å². The van der Waals surface area contributed by atoms with Gasteiger partial charge in [-0.1, -0.05) is 12.1 Å². The number of hydrogen-bond acceptors (Lipinski definition) is 4. The van der Waals surface area contributed by atoms with Crippen molar-refractivity contribution < 1.29 is 4.79 Å². The zero-order valence-electron chi connectivity index (χ0n) is 14.7. The molecule has 7 heteroatoms. The van der Waals surface area contributed by atoms with Crippen molar-refractivity contribution in [2.45, 2.75) is 32.2 Å². The number of para-hydroxylation sites is 2. The van der Waals surface area contributed by atoms with Gasteiger partial charge in [-0.3, -0.25) is 9.59 Å². The number of carbonyl (C=O) groups excluding carboxylic acids is 1. The van der Waals surface area contributed by atoms with E-state index < -0.39 is 0 Å². The highest BCUT2D eigenvalue weighted by atomic mass is 16.2. The number of fused-ring (bicyclic) bond motifs is 1. The molecule has 1 aromatic carbocycles. The molecule has 1 fully saturated rings. The van der Waals surface area contributed by atoms with Crippen molar-refractivity contribution in [3.05, 3.63) is 58.5 Å². The molecule has 0 unspecified atom stereocenters. The third-order valence-corrected chi connectivity index (χ3v) is 4.91. The van der Waals surface area contributed by atoms with Crippen LogP contribution in [-0.2, 0) is 11.3 Å². The highest BCUT2D eigenvalue weighted by Gasteiger charge is 2.26. The number of nitrogens with zero attached hydrogens (tertiary/aromatic N) is 4. The summed E-state index contributed by atoms with van der Waals surface area (Å²) in [5, 5.41) is 0. The van der Waals surface area contributed by atoms with Gasteiger partial charge in [-0.15, -0.1) is 0 Å². The van der Waals surface area contributed by atoms with E-state index in [9.17, 15) is 9.59 Å². The molecule has 1 N–H and O–H groups in total. The molecule has 1 saturated heterocycles. The van der Waals surface area contributed by atoms with Crippen LogP contribution in [0, 0.1) is 6.92 Å². The molecule has 0 aliphatic carbocycles. The minimum Gasteiger partial charge on any atom is -0.340 e. The molecule has 0 radical (unpaired) electrons. The summed E-state index contributed by atoms with van der Waals surface area (Å²) in [5.41, 5.74) is 2.49. The summed E-state index contributed by atoms with van der Waals surface area (Å²) in [6.45, 7) is 3.39. The van der Waals surface area contributed by atoms with Crippen molar-refractivity contribution in [1.82, 2.24) is 24.4 Å². The highest BCUT2D eigenvalue weighted by molar-refractivity contribution is 5.80. The minimum atomic E-state index is -0.138. The maximum atomic E-state index is 12.8. The second-order valence-corrected chi connectivity index (χ2v) is 6.80. The number of aromatic amines is 1. The third kappa shape index (κ3) is 3.24. The molecule has 7 nitrogen and oxygen atoms in total. The fourth-order valence-corrected chi connectivity index (χ4v) is 3.64. The van der Waals surface area contributed by atoms with E-state index in [1.807, 2.05) is 33.7 Å². The summed E-state index contributed by atoms with van der Waals surface area (Å²) in [6.07, 6.45) is 3.56. The first-order valence-electron chi connectivity index (χ1n) is 8.85. The lowest BCUT2D eigenvalue weighted by atomic mass is 9.94. The van der Waals surface area contributed by atoms with E-state index in [2.05, 4.69) is 15.0 Å². The second-order valence-electron chi connectivity index (χ2n) is 6.80. The number of hydrogen-bond donors (Lipinski definition) is 1. The third-order valence-electron chi connectivity index (χ3n) is 4.91. The summed E-state index contributed by atoms with van der Waals surface area (Å²) < 4.78 is 1.89. The molecule has 0 bridgehead atoms. The average Bonchev–Trinajstić information content (AvgIpc) is 3.04. The number of nitrogens with one attached hydrogen (secondary N) is 1. The first kappa shape index (κ1) is 16.5. The number of H-pyrrole nitrogens is 1. The van der Waals surface area contributed by atoms with E-state index in [0.29, 0.717) is 12.4 Å². The van der Waals surface area contributed by atoms with E-state index in [-0.39, 0.29) is 23.9 Å². The molecule has 0 spiro atoms. The van der Waals surface area contributed by atoms with Crippen molar-refractivity contribution >= 4 is 16.9 Å². The molecule has 1 aliphatic heterocycles. The molecular weight excluding hydrogens is 330 g/mol. The molecule has 134 valence electrons. The van der Waals surface area contributed by atoms with Crippen LogP contribution in [0.25, 0.3) is 11.0 Å². The predicted octanol–water partition coefficient (Wildman–Crippen LogP) is 1.83. The Bertz CT molecular complexity index is 1010. The van der Waals surface area contributed by atoms with Crippen LogP contribution in [0.4, 0.5) is 0 Å². The largest absolute Gasteiger partial charge is 0.340 e. The zero-order chi connectivity index (χ0) is 18.1. The molecule has 0 saturated carbocycles. The quantitative estimate of drug-likeness (QED) is 0.780. The van der Waals surface area contributed by atoms with Crippen LogP contribution in [0.2, 0.25) is 0 Å². The van der Waals surface area contributed by atoms with Crippen LogP contribution in [-0.4, -0.2) is 43.4 Å². The van der Waals surface area contributed by atoms with Gasteiger partial charge < -0.3 is 14.5 Å². The fraction of sp³-hybridized carbons (Fsp3) is 0.368. The molecule has 1 amide bonds. The molecule has 3 heterocycles. The van der Waals surface area contributed by atoms with Gasteiger partial charge in [0.25, 0.3) is 5.56 Å². The normalized spacial score (nSPS) is 17.6. The predicted molar refractivity (Wildman–Crippen MR) is 97.9 cm³/mol. The molecular formula is C19H21N5O2. The number of aromatic nitrogens is 4. The highest BCUT2D eigenvalue weighted by Crippen LogP contribution is 2.25. The van der Waals surface area contributed by atoms with Crippen LogP contribution in [0.5, 0.6) is 0 Å². The van der Waals surface area contributed by atoms with Gasteiger partial charge in [0, 0.05) is 25.1 Å². The molecule has 26 heavy (non-hydrogen) atoms. The Morgan fingerprint density at radius 2 is 2.19 bits per heavy atom. The lowest BCUT2D eigenvalue weighted by Crippen LogP contribution is -2.41. The fourth-order valence-electron chi connectivity index (χ4n) is 3.64. The number of piperidine rings is 1. The Hall–Kier alpha value is -2.96. The zero-order valence-corrected chi connectivity index (χ0v) is 14.7. The maximum absolute atomic E-state index is 12.8. The van der Waals surface area contributed by atoms with E-state index in [0.717, 1.165) is 36.1 Å². The smallest absolute Gasteiger partial charge is 0.251 e. The monoisotopic (exact) mass is 351 g/mol. The molecule has 4 rings (SSSR count). The number of rotatable bonds is 3. The van der Waals surface area contributed by atoms with E-state index in [4.69, 9.17) is 0 Å². The Labute approximate surface area is 150 Å². The number of imidazole rings is 1. The lowest BCUT2D eigenvalue weighted by Gasteiger charge is -2.32. The molecule has 2 aromatic heterocycles. The SMILES string of the molecule is Cc1nc([C@@H]2CCCN(C(=O)Cn3cnc4ccccc43)C2)cc(=O)[nH]1. The van der Waals surface area contributed by atoms with Crippen LogP contribution in [0.3, 0.4) is 0 Å². The van der Waals surface area contributed by atoms with Gasteiger partial charge >= 0.3 is 0 Å². The van der Waals surface area contributed by atoms with Gasteiger partial charge in [0.05, 0.1) is 23.1 Å². The van der Waals surface area contributed by atoms with Gasteiger partial charge in [-0.05, 0) is 31.9 Å². The average molecular weight is 351 g/mol. The van der Waals surface area contributed by atoms with Gasteiger partial charge in [0.15, 0.2) is 0 Å². The van der Waals surface area contributed by atoms with Gasteiger partial charge in [-0.2, -0.15) is 0 Å². The number of benzene rings is 1. The minimum absolute atomic E-state index is 0.0689. The van der Waals surface area contributed by atoms with E-state index in [1.165, 1.54) is 0 Å². The van der Waals surface area contributed by atoms with E-state index in [1.54, 1.807) is 19.3 Å². The number of aryl methyl sites for hydroxylation is 1. The summed E-state index contributed by atoms with van der Waals surface area (Å²) in [7, 11) is 0. The van der Waals surface area contributed by atoms with Crippen molar-refractivity contribution in [3.8, 4) is 0 Å². The van der Waals surface area contributed by atoms with Crippen molar-refractivity contribution in [2.24, 2.45) is 0 Å². The van der Waals surface area contributed by atoms with Crippen LogP contribution in [0.15, 0.2) is 41.5 Å². The van der Waals surface area contributed by atoms with Crippen LogP contribution >= 0.6 is 0 Å². The summed E-state index contributed by atoms with van der Waals surface area (Å²) in [4.78, 5) is 37.9. The molecule has 1 atom stereocenters. The van der Waals surface area contributed by atoms with Crippen molar-refractivity contribution in [3.63, 3.8) is 0 Å². The van der Waals surface area contributed by atoms with Crippen LogP contribution in [0.1, 0.15) is 30.3 Å². The van der Waals surface area contributed by atoms with Crippen LogP contribution < -0.4 is 5.56 Å². The standard InChI is InChI=1S/C19H21N5O2/c1-13-21-16(9-18(25)22-13)14-5-4-8-23(10-14)19(26)11-24-12-20-15-6-2-3-7-17(15)24/h2-3,6-7,9,12,14H,4-5,8,10-11H2,1H3,(H,21,22,25)/t14-/m1/s1. The van der Waals surface area contributed by atoms with Gasteiger partial charge in [0.1, 0.15) is 12.4 Å². The van der Waals surface area contributed by atoms with Gasteiger partial charge in [-0.25, -0.2) is 9.97 Å². The summed E-state index contributed by atoms with van der Waals surface area (Å²) >= 11 is 0. The number of likely N-dealkylation sites (tertiary alicyclic amines) is 1. The van der Waals surface area contributed by atoms with Crippen molar-refractivity contribution in [1.29, 1.82) is 0 Å². The lowest BCUT2D eigenvalue weighted by molar-refractivity contribution is -0.133. The summed E-state index contributed by atoms with van der Waals surface area (Å²) in [6, 6.07) is 9.34. The Morgan fingerprint density at radius 1 is 1.35 bits per heavy atom. The first-order valence-corrected chi connectivity index (χ1v) is 8.85. The maximum Gasteiger partial charge on any atom is 0.251 e. The Morgan fingerprint density at radius 3 is 3.04 bits per heavy atom.